The monoisotopic (exact) mass is 412 g/mol. The van der Waals surface area contributed by atoms with E-state index >= 15 is 0 Å². The molecule has 102 valence electrons. The van der Waals surface area contributed by atoms with Crippen molar-refractivity contribution in [3.8, 4) is 5.75 Å². The zero-order valence-corrected chi connectivity index (χ0v) is 14.5. The third kappa shape index (κ3) is 2.82. The van der Waals surface area contributed by atoms with Crippen LogP contribution >= 0.6 is 43.2 Å². The van der Waals surface area contributed by atoms with Gasteiger partial charge < -0.3 is 10.1 Å². The topological polar surface area (TPSA) is 34.1 Å². The smallest absolute Gasteiger partial charge is 0.188 e. The van der Waals surface area contributed by atoms with E-state index in [0.717, 1.165) is 35.7 Å². The summed E-state index contributed by atoms with van der Waals surface area (Å²) in [5.74, 6) is 0.805. The molecule has 0 aliphatic rings. The van der Waals surface area contributed by atoms with Crippen LogP contribution in [0, 0.1) is 0 Å². The molecule has 0 radical (unpaired) electrons. The highest BCUT2D eigenvalue weighted by molar-refractivity contribution is 9.10. The minimum atomic E-state index is 0.805. The molecule has 3 nitrogen and oxygen atoms in total. The van der Waals surface area contributed by atoms with Gasteiger partial charge in [-0.3, -0.25) is 0 Å². The van der Waals surface area contributed by atoms with Gasteiger partial charge in [0.05, 0.1) is 23.0 Å². The van der Waals surface area contributed by atoms with Crippen molar-refractivity contribution < 1.29 is 4.74 Å². The fourth-order valence-corrected chi connectivity index (χ4v) is 3.35. The van der Waals surface area contributed by atoms with E-state index in [1.165, 1.54) is 0 Å². The third-order valence-corrected chi connectivity index (χ3v) is 4.90. The van der Waals surface area contributed by atoms with E-state index in [-0.39, 0.29) is 0 Å². The van der Waals surface area contributed by atoms with Crippen molar-refractivity contribution in [1.29, 1.82) is 0 Å². The highest BCUT2D eigenvalue weighted by atomic mass is 79.9. The van der Waals surface area contributed by atoms with Crippen LogP contribution in [-0.4, -0.2) is 12.1 Å². The van der Waals surface area contributed by atoms with E-state index in [2.05, 4.69) is 48.2 Å². The number of fused-ring (bicyclic) bond motifs is 1. The van der Waals surface area contributed by atoms with Crippen LogP contribution in [0.3, 0.4) is 0 Å². The number of methoxy groups -OCH3 is 1. The summed E-state index contributed by atoms with van der Waals surface area (Å²) in [6.45, 7) is 0. The van der Waals surface area contributed by atoms with Crippen LogP contribution in [0.25, 0.3) is 10.2 Å². The molecule has 0 fully saturated rings. The third-order valence-electron chi connectivity index (χ3n) is 2.76. The van der Waals surface area contributed by atoms with Crippen LogP contribution in [0.2, 0.25) is 0 Å². The number of rotatable bonds is 3. The standard InChI is InChI=1S/C14H10Br2N2OS/c1-19-9-3-4-10(16)11(7-9)17-14-18-12-6-8(15)2-5-13(12)20-14/h2-7H,1H3,(H,17,18). The molecule has 0 saturated carbocycles. The minimum Gasteiger partial charge on any atom is -0.497 e. The van der Waals surface area contributed by atoms with E-state index in [0.29, 0.717) is 0 Å². The normalized spacial score (nSPS) is 10.8. The van der Waals surface area contributed by atoms with E-state index in [9.17, 15) is 0 Å². The lowest BCUT2D eigenvalue weighted by molar-refractivity contribution is 0.415. The Morgan fingerprint density at radius 1 is 1.15 bits per heavy atom. The number of hydrogen-bond donors (Lipinski definition) is 1. The molecule has 0 bridgehead atoms. The quantitative estimate of drug-likeness (QED) is 0.609. The molecular weight excluding hydrogens is 404 g/mol. The second-order valence-electron chi connectivity index (χ2n) is 4.10. The van der Waals surface area contributed by atoms with Gasteiger partial charge in [-0.25, -0.2) is 4.98 Å². The Morgan fingerprint density at radius 2 is 2.00 bits per heavy atom. The molecule has 1 N–H and O–H groups in total. The first-order valence-electron chi connectivity index (χ1n) is 5.82. The molecule has 20 heavy (non-hydrogen) atoms. The Balaban J connectivity index is 1.96. The van der Waals surface area contributed by atoms with Crippen LogP contribution in [0.15, 0.2) is 45.3 Å². The average Bonchev–Trinajstić information content (AvgIpc) is 2.82. The average molecular weight is 414 g/mol. The Bertz CT molecular complexity index is 773. The summed E-state index contributed by atoms with van der Waals surface area (Å²) in [5.41, 5.74) is 1.91. The maximum absolute atomic E-state index is 5.24. The van der Waals surface area contributed by atoms with Gasteiger partial charge in [-0.15, -0.1) is 0 Å². The molecular formula is C14H10Br2N2OS. The van der Waals surface area contributed by atoms with E-state index < -0.39 is 0 Å². The summed E-state index contributed by atoms with van der Waals surface area (Å²) >= 11 is 8.60. The van der Waals surface area contributed by atoms with Crippen LogP contribution in [0.4, 0.5) is 10.8 Å². The lowest BCUT2D eigenvalue weighted by Crippen LogP contribution is -1.92. The van der Waals surface area contributed by atoms with Crippen molar-refractivity contribution >= 4 is 64.2 Å². The second kappa shape index (κ2) is 5.71. The summed E-state index contributed by atoms with van der Waals surface area (Å²) in [5, 5.41) is 4.17. The summed E-state index contributed by atoms with van der Waals surface area (Å²) in [4.78, 5) is 4.58. The molecule has 1 heterocycles. The van der Waals surface area contributed by atoms with Gasteiger partial charge >= 0.3 is 0 Å². The first-order valence-corrected chi connectivity index (χ1v) is 8.22. The fraction of sp³-hybridized carbons (Fsp3) is 0.0714. The maximum atomic E-state index is 5.24. The molecule has 1 aromatic heterocycles. The molecule has 3 aromatic rings. The van der Waals surface area contributed by atoms with Crippen molar-refractivity contribution in [3.05, 3.63) is 45.3 Å². The fourth-order valence-electron chi connectivity index (χ4n) is 1.80. The lowest BCUT2D eigenvalue weighted by Gasteiger charge is -2.07. The summed E-state index contributed by atoms with van der Waals surface area (Å²) in [6.07, 6.45) is 0. The molecule has 6 heteroatoms. The van der Waals surface area contributed by atoms with Gasteiger partial charge in [0.1, 0.15) is 5.75 Å². The Hall–Kier alpha value is -1.11. The van der Waals surface area contributed by atoms with Crippen LogP contribution in [0.5, 0.6) is 5.75 Å². The molecule has 0 aliphatic carbocycles. The van der Waals surface area contributed by atoms with Crippen molar-refractivity contribution in [1.82, 2.24) is 4.98 Å². The SMILES string of the molecule is COc1ccc(Br)c(Nc2nc3cc(Br)ccc3s2)c1. The van der Waals surface area contributed by atoms with E-state index in [1.54, 1.807) is 18.4 Å². The van der Waals surface area contributed by atoms with Gasteiger partial charge in [-0.2, -0.15) is 0 Å². The second-order valence-corrected chi connectivity index (χ2v) is 6.90. The Morgan fingerprint density at radius 3 is 2.80 bits per heavy atom. The number of ether oxygens (including phenoxy) is 1. The van der Waals surface area contributed by atoms with Gasteiger partial charge in [0, 0.05) is 15.0 Å². The molecule has 2 aromatic carbocycles. The summed E-state index contributed by atoms with van der Waals surface area (Å²) < 4.78 is 8.39. The predicted octanol–water partition coefficient (Wildman–Crippen LogP) is 5.57. The number of benzene rings is 2. The van der Waals surface area contributed by atoms with Crippen molar-refractivity contribution in [2.45, 2.75) is 0 Å². The maximum Gasteiger partial charge on any atom is 0.188 e. The summed E-state index contributed by atoms with van der Waals surface area (Å²) in [7, 11) is 1.65. The van der Waals surface area contributed by atoms with E-state index in [1.807, 2.05) is 30.3 Å². The number of nitrogens with zero attached hydrogens (tertiary/aromatic N) is 1. The van der Waals surface area contributed by atoms with Gasteiger partial charge in [0.25, 0.3) is 0 Å². The number of aromatic nitrogens is 1. The first kappa shape index (κ1) is 13.9. The number of nitrogens with one attached hydrogen (secondary N) is 1. The minimum absolute atomic E-state index is 0.805. The molecule has 0 atom stereocenters. The van der Waals surface area contributed by atoms with Gasteiger partial charge in [-0.05, 0) is 46.3 Å². The van der Waals surface area contributed by atoms with Crippen molar-refractivity contribution in [2.24, 2.45) is 0 Å². The van der Waals surface area contributed by atoms with E-state index in [4.69, 9.17) is 4.74 Å². The molecule has 0 aliphatic heterocycles. The zero-order chi connectivity index (χ0) is 14.1. The molecule has 0 amide bonds. The number of halogens is 2. The van der Waals surface area contributed by atoms with Crippen LogP contribution < -0.4 is 10.1 Å². The van der Waals surface area contributed by atoms with Crippen LogP contribution in [-0.2, 0) is 0 Å². The number of hydrogen-bond acceptors (Lipinski definition) is 4. The Labute approximate surface area is 137 Å². The zero-order valence-electron chi connectivity index (χ0n) is 10.5. The molecule has 0 unspecified atom stereocenters. The van der Waals surface area contributed by atoms with Crippen LogP contribution in [0.1, 0.15) is 0 Å². The molecule has 3 rings (SSSR count). The largest absolute Gasteiger partial charge is 0.497 e. The van der Waals surface area contributed by atoms with Gasteiger partial charge in [0.2, 0.25) is 0 Å². The molecule has 0 spiro atoms. The molecule has 0 saturated heterocycles. The number of anilines is 2. The van der Waals surface area contributed by atoms with Gasteiger partial charge in [0.15, 0.2) is 5.13 Å². The van der Waals surface area contributed by atoms with Crippen molar-refractivity contribution in [2.75, 3.05) is 12.4 Å². The summed E-state index contributed by atoms with van der Waals surface area (Å²) in [6, 6.07) is 11.9. The predicted molar refractivity (Wildman–Crippen MR) is 91.3 cm³/mol. The van der Waals surface area contributed by atoms with Crippen molar-refractivity contribution in [3.63, 3.8) is 0 Å². The van der Waals surface area contributed by atoms with Gasteiger partial charge in [-0.1, -0.05) is 27.3 Å². The highest BCUT2D eigenvalue weighted by Crippen LogP contribution is 2.34. The highest BCUT2D eigenvalue weighted by Gasteiger charge is 2.07. The lowest BCUT2D eigenvalue weighted by atomic mass is 10.3. The first-order chi connectivity index (χ1) is 9.65. The number of thiazole rings is 1. The Kier molecular flexibility index (Phi) is 3.96.